The summed E-state index contributed by atoms with van der Waals surface area (Å²) in [6, 6.07) is 19.4. The number of ether oxygens (including phenoxy) is 2. The molecule has 0 aliphatic carbocycles. The highest BCUT2D eigenvalue weighted by molar-refractivity contribution is 5.71. The Bertz CT molecular complexity index is 1290. The Hall–Kier alpha value is -3.79. The fourth-order valence-electron chi connectivity index (χ4n) is 4.62. The first-order chi connectivity index (χ1) is 18.9. The quantitative estimate of drug-likeness (QED) is 0.270. The highest BCUT2D eigenvalue weighted by atomic mass is 19.4. The minimum absolute atomic E-state index is 0.0105. The van der Waals surface area contributed by atoms with Crippen LogP contribution >= 0.6 is 0 Å². The largest absolute Gasteiger partial charge is 0.444 e. The van der Waals surface area contributed by atoms with E-state index in [2.05, 4.69) is 0 Å². The van der Waals surface area contributed by atoms with Crippen LogP contribution < -0.4 is 0 Å². The summed E-state index contributed by atoms with van der Waals surface area (Å²) in [4.78, 5) is 14.7. The molecule has 1 unspecified atom stereocenters. The highest BCUT2D eigenvalue weighted by Gasteiger charge is 2.44. The van der Waals surface area contributed by atoms with Crippen LogP contribution in [0.1, 0.15) is 53.7 Å². The average Bonchev–Trinajstić information content (AvgIpc) is 2.94. The first-order valence-electron chi connectivity index (χ1n) is 12.5. The van der Waals surface area contributed by atoms with Gasteiger partial charge in [-0.2, -0.15) is 26.3 Å². The molecule has 0 bridgehead atoms. The van der Waals surface area contributed by atoms with E-state index in [4.69, 9.17) is 9.47 Å². The number of nitrogens with zero attached hydrogens (tertiary/aromatic N) is 1. The first-order valence-corrected chi connectivity index (χ1v) is 12.5. The van der Waals surface area contributed by atoms with Gasteiger partial charge < -0.3 is 9.47 Å². The van der Waals surface area contributed by atoms with E-state index >= 15 is 0 Å². The Morgan fingerprint density at radius 3 is 2.05 bits per heavy atom. The lowest BCUT2D eigenvalue weighted by atomic mass is 9.82. The van der Waals surface area contributed by atoms with Crippen molar-refractivity contribution >= 4 is 6.09 Å². The Morgan fingerprint density at radius 1 is 0.900 bits per heavy atom. The van der Waals surface area contributed by atoms with Crippen LogP contribution in [0, 0.1) is 0 Å². The number of benzene rings is 3. The maximum atomic E-state index is 13.4. The van der Waals surface area contributed by atoms with Gasteiger partial charge in [0.15, 0.2) is 0 Å². The Balaban J connectivity index is 1.64. The van der Waals surface area contributed by atoms with Gasteiger partial charge in [-0.1, -0.05) is 66.7 Å². The summed E-state index contributed by atoms with van der Waals surface area (Å²) in [5, 5.41) is 0. The summed E-state index contributed by atoms with van der Waals surface area (Å²) in [6.07, 6.45) is -7.48. The van der Waals surface area contributed by atoms with Crippen molar-refractivity contribution in [2.45, 2.75) is 50.4 Å². The topological polar surface area (TPSA) is 38.8 Å². The lowest BCUT2D eigenvalue weighted by Gasteiger charge is -2.44. The SMILES string of the molecule is CC(OC[C@@]1(c2ccccc2)CCC=CN1C(=O)OCc1ccccc1)c1cc(C(F)(F)F)cc(C(F)(F)F)c1. The zero-order valence-electron chi connectivity index (χ0n) is 21.5. The normalized spacial score (nSPS) is 18.4. The predicted octanol–water partition coefficient (Wildman–Crippen LogP) is 8.64. The number of carbonyl (C=O) groups is 1. The van der Waals surface area contributed by atoms with Gasteiger partial charge in [-0.05, 0) is 54.7 Å². The number of hydrogen-bond donors (Lipinski definition) is 0. The van der Waals surface area contributed by atoms with Crippen LogP contribution in [0.5, 0.6) is 0 Å². The fourth-order valence-corrected chi connectivity index (χ4v) is 4.62. The van der Waals surface area contributed by atoms with Crippen LogP contribution in [0.2, 0.25) is 0 Å². The van der Waals surface area contributed by atoms with E-state index in [9.17, 15) is 31.1 Å². The van der Waals surface area contributed by atoms with Gasteiger partial charge in [0.05, 0.1) is 29.4 Å². The molecular formula is C30H27F6NO3. The molecule has 0 N–H and O–H groups in total. The molecule has 0 saturated carbocycles. The van der Waals surface area contributed by atoms with Crippen molar-refractivity contribution in [2.24, 2.45) is 0 Å². The summed E-state index contributed by atoms with van der Waals surface area (Å²) < 4.78 is 92.1. The minimum Gasteiger partial charge on any atom is -0.444 e. The molecular weight excluding hydrogens is 536 g/mol. The number of amides is 1. The standard InChI is InChI=1S/C30H27F6NO3/c1-21(23-16-25(29(31,32)33)18-26(17-23)30(34,35)36)40-20-28(24-12-6-3-7-13-24)14-8-9-15-37(28)27(38)39-19-22-10-4-2-5-11-22/h2-7,9-13,15-18,21H,8,14,19-20H2,1H3/t21?,28-/m1/s1. The van der Waals surface area contributed by atoms with Gasteiger partial charge in [-0.25, -0.2) is 4.79 Å². The van der Waals surface area contributed by atoms with Gasteiger partial charge in [0.1, 0.15) is 6.61 Å². The van der Waals surface area contributed by atoms with Crippen LogP contribution in [-0.2, 0) is 34.0 Å². The molecule has 0 radical (unpaired) electrons. The van der Waals surface area contributed by atoms with Crippen molar-refractivity contribution in [3.8, 4) is 0 Å². The molecule has 3 aromatic rings. The number of rotatable bonds is 7. The van der Waals surface area contributed by atoms with Crippen LogP contribution in [0.25, 0.3) is 0 Å². The van der Waals surface area contributed by atoms with Crippen molar-refractivity contribution in [1.82, 2.24) is 4.90 Å². The summed E-state index contributed by atoms with van der Waals surface area (Å²) in [7, 11) is 0. The van der Waals surface area contributed by atoms with Crippen molar-refractivity contribution in [1.29, 1.82) is 0 Å². The maximum Gasteiger partial charge on any atom is 0.416 e. The zero-order valence-corrected chi connectivity index (χ0v) is 21.5. The molecule has 4 rings (SSSR count). The lowest BCUT2D eigenvalue weighted by Crippen LogP contribution is -2.51. The van der Waals surface area contributed by atoms with Gasteiger partial charge >= 0.3 is 18.4 Å². The first kappa shape index (κ1) is 29.2. The van der Waals surface area contributed by atoms with Crippen LogP contribution in [0.15, 0.2) is 91.1 Å². The second-order valence-corrected chi connectivity index (χ2v) is 9.52. The summed E-state index contributed by atoms with van der Waals surface area (Å²) in [6.45, 7) is 1.18. The third-order valence-electron chi connectivity index (χ3n) is 6.80. The molecule has 3 aromatic carbocycles. The number of allylic oxidation sites excluding steroid dienone is 1. The fraction of sp³-hybridized carbons (Fsp3) is 0.300. The molecule has 0 spiro atoms. The van der Waals surface area contributed by atoms with Gasteiger partial charge in [-0.15, -0.1) is 0 Å². The van der Waals surface area contributed by atoms with Crippen LogP contribution in [-0.4, -0.2) is 17.6 Å². The number of halogens is 6. The van der Waals surface area contributed by atoms with Crippen molar-refractivity contribution in [3.05, 3.63) is 119 Å². The number of hydrogen-bond acceptors (Lipinski definition) is 3. The Morgan fingerprint density at radius 2 is 1.48 bits per heavy atom. The summed E-state index contributed by atoms with van der Waals surface area (Å²) in [5.74, 6) is 0. The lowest BCUT2D eigenvalue weighted by molar-refractivity contribution is -0.143. The van der Waals surface area contributed by atoms with Gasteiger partial charge in [0.25, 0.3) is 0 Å². The summed E-state index contributed by atoms with van der Waals surface area (Å²) >= 11 is 0. The molecule has 4 nitrogen and oxygen atoms in total. The molecule has 0 saturated heterocycles. The molecule has 212 valence electrons. The van der Waals surface area contributed by atoms with Crippen molar-refractivity contribution in [3.63, 3.8) is 0 Å². The Kier molecular flexibility index (Phi) is 8.58. The van der Waals surface area contributed by atoms with Gasteiger partial charge in [0, 0.05) is 6.20 Å². The van der Waals surface area contributed by atoms with E-state index in [1.807, 2.05) is 18.2 Å². The van der Waals surface area contributed by atoms with Gasteiger partial charge in [-0.3, -0.25) is 4.90 Å². The van der Waals surface area contributed by atoms with Crippen LogP contribution in [0.3, 0.4) is 0 Å². The van der Waals surface area contributed by atoms with E-state index in [1.165, 1.54) is 11.8 Å². The van der Waals surface area contributed by atoms with E-state index in [-0.39, 0.29) is 24.8 Å². The maximum absolute atomic E-state index is 13.4. The third-order valence-corrected chi connectivity index (χ3v) is 6.80. The van der Waals surface area contributed by atoms with Gasteiger partial charge in [0.2, 0.25) is 0 Å². The average molecular weight is 564 g/mol. The molecule has 0 fully saturated rings. The molecule has 10 heteroatoms. The minimum atomic E-state index is -4.98. The molecule has 40 heavy (non-hydrogen) atoms. The van der Waals surface area contributed by atoms with Crippen LogP contribution in [0.4, 0.5) is 31.1 Å². The molecule has 1 aliphatic rings. The number of alkyl halides is 6. The van der Waals surface area contributed by atoms with E-state index in [1.54, 1.807) is 54.7 Å². The number of carbonyl (C=O) groups excluding carboxylic acids is 1. The zero-order chi connectivity index (χ0) is 29.0. The summed E-state index contributed by atoms with van der Waals surface area (Å²) in [5.41, 5.74) is -2.78. The highest BCUT2D eigenvalue weighted by Crippen LogP contribution is 2.41. The second kappa shape index (κ2) is 11.8. The van der Waals surface area contributed by atoms with E-state index in [0.717, 1.165) is 5.56 Å². The molecule has 1 amide bonds. The van der Waals surface area contributed by atoms with E-state index in [0.29, 0.717) is 30.5 Å². The Labute approximate surface area is 227 Å². The van der Waals surface area contributed by atoms with Crippen molar-refractivity contribution < 1.29 is 40.6 Å². The molecule has 0 aromatic heterocycles. The third kappa shape index (κ3) is 6.67. The smallest absolute Gasteiger partial charge is 0.416 e. The predicted molar refractivity (Wildman–Crippen MR) is 136 cm³/mol. The molecule has 1 aliphatic heterocycles. The molecule has 1 heterocycles. The molecule has 2 atom stereocenters. The van der Waals surface area contributed by atoms with Crippen molar-refractivity contribution in [2.75, 3.05) is 6.61 Å². The monoisotopic (exact) mass is 563 g/mol. The second-order valence-electron chi connectivity index (χ2n) is 9.52. The van der Waals surface area contributed by atoms with E-state index < -0.39 is 41.2 Å².